The molecule has 1 amide bonds. The van der Waals surface area contributed by atoms with E-state index in [-0.39, 0.29) is 5.91 Å². The number of hydrogen-bond acceptors (Lipinski definition) is 3. The van der Waals surface area contributed by atoms with Crippen LogP contribution in [0.5, 0.6) is 0 Å². The summed E-state index contributed by atoms with van der Waals surface area (Å²) >= 11 is 13.8. The molecule has 0 spiro atoms. The Balaban J connectivity index is 1.69. The van der Waals surface area contributed by atoms with Crippen LogP contribution < -0.4 is 0 Å². The summed E-state index contributed by atoms with van der Waals surface area (Å²) in [6.45, 7) is 3.83. The first-order chi connectivity index (χ1) is 12.0. The summed E-state index contributed by atoms with van der Waals surface area (Å²) in [7, 11) is 0. The van der Waals surface area contributed by atoms with Gasteiger partial charge in [-0.2, -0.15) is 0 Å². The van der Waals surface area contributed by atoms with Gasteiger partial charge in [0.05, 0.1) is 15.7 Å². The standard InChI is InChI=1S/C19H20Cl2N2OS/c1-13-5-4-10-23(11-13)19(24)16-8-2-6-14(22-16)12-25-17-9-3-7-15(20)18(17)21/h2-3,6-9,13H,4-5,10-12H2,1H3. The van der Waals surface area contributed by atoms with Crippen molar-refractivity contribution in [2.45, 2.75) is 30.4 Å². The molecule has 1 aromatic heterocycles. The highest BCUT2D eigenvalue weighted by atomic mass is 35.5. The van der Waals surface area contributed by atoms with Gasteiger partial charge in [0, 0.05) is 23.7 Å². The smallest absolute Gasteiger partial charge is 0.272 e. The molecule has 132 valence electrons. The van der Waals surface area contributed by atoms with Gasteiger partial charge in [0.25, 0.3) is 5.91 Å². The number of benzene rings is 1. The van der Waals surface area contributed by atoms with Crippen molar-refractivity contribution in [3.8, 4) is 0 Å². The van der Waals surface area contributed by atoms with Gasteiger partial charge < -0.3 is 4.90 Å². The maximum Gasteiger partial charge on any atom is 0.272 e. The minimum absolute atomic E-state index is 0.0270. The Kier molecular flexibility index (Phi) is 6.26. The number of aromatic nitrogens is 1. The van der Waals surface area contributed by atoms with Crippen LogP contribution in [-0.2, 0) is 5.75 Å². The van der Waals surface area contributed by atoms with E-state index in [2.05, 4.69) is 11.9 Å². The zero-order valence-electron chi connectivity index (χ0n) is 14.0. The largest absolute Gasteiger partial charge is 0.337 e. The van der Waals surface area contributed by atoms with E-state index in [0.717, 1.165) is 30.1 Å². The molecule has 0 radical (unpaired) electrons. The Morgan fingerprint density at radius 3 is 2.88 bits per heavy atom. The predicted octanol–water partition coefficient (Wildman–Crippen LogP) is 5.55. The lowest BCUT2D eigenvalue weighted by molar-refractivity contribution is 0.0677. The van der Waals surface area contributed by atoms with Crippen LogP contribution in [-0.4, -0.2) is 28.9 Å². The number of pyridine rings is 1. The van der Waals surface area contributed by atoms with Crippen molar-refractivity contribution in [2.24, 2.45) is 5.92 Å². The second-order valence-electron chi connectivity index (χ2n) is 6.35. The minimum atomic E-state index is 0.0270. The molecule has 25 heavy (non-hydrogen) atoms. The lowest BCUT2D eigenvalue weighted by Gasteiger charge is -2.30. The monoisotopic (exact) mass is 394 g/mol. The normalized spacial score (nSPS) is 17.6. The van der Waals surface area contributed by atoms with Crippen molar-refractivity contribution < 1.29 is 4.79 Å². The van der Waals surface area contributed by atoms with Crippen LogP contribution in [0.25, 0.3) is 0 Å². The van der Waals surface area contributed by atoms with E-state index < -0.39 is 0 Å². The highest BCUT2D eigenvalue weighted by Crippen LogP contribution is 2.34. The number of carbonyl (C=O) groups is 1. The van der Waals surface area contributed by atoms with Gasteiger partial charge in [-0.3, -0.25) is 4.79 Å². The summed E-state index contributed by atoms with van der Waals surface area (Å²) in [5.41, 5.74) is 1.38. The quantitative estimate of drug-likeness (QED) is 0.636. The second kappa shape index (κ2) is 8.43. The zero-order chi connectivity index (χ0) is 17.8. The molecule has 1 atom stereocenters. The number of amides is 1. The Morgan fingerprint density at radius 2 is 2.08 bits per heavy atom. The molecule has 1 aromatic carbocycles. The predicted molar refractivity (Wildman–Crippen MR) is 105 cm³/mol. The van der Waals surface area contributed by atoms with Gasteiger partial charge in [-0.25, -0.2) is 4.98 Å². The van der Waals surface area contributed by atoms with Crippen molar-refractivity contribution in [3.05, 3.63) is 57.8 Å². The average molecular weight is 395 g/mol. The Hall–Kier alpha value is -1.23. The van der Waals surface area contributed by atoms with Crippen molar-refractivity contribution in [3.63, 3.8) is 0 Å². The maximum atomic E-state index is 12.7. The number of likely N-dealkylation sites (tertiary alicyclic amines) is 1. The molecule has 0 N–H and O–H groups in total. The number of hydrogen-bond donors (Lipinski definition) is 0. The summed E-state index contributed by atoms with van der Waals surface area (Å²) < 4.78 is 0. The molecule has 1 aliphatic rings. The van der Waals surface area contributed by atoms with Crippen LogP contribution in [0, 0.1) is 5.92 Å². The molecule has 6 heteroatoms. The molecule has 0 bridgehead atoms. The summed E-state index contributed by atoms with van der Waals surface area (Å²) in [6.07, 6.45) is 2.25. The molecule has 1 saturated heterocycles. The molecule has 0 saturated carbocycles. The van der Waals surface area contributed by atoms with E-state index >= 15 is 0 Å². The van der Waals surface area contributed by atoms with E-state index in [9.17, 15) is 4.79 Å². The fraction of sp³-hybridized carbons (Fsp3) is 0.368. The third kappa shape index (κ3) is 4.69. The van der Waals surface area contributed by atoms with Gasteiger partial charge in [0.1, 0.15) is 5.69 Å². The molecule has 0 aliphatic carbocycles. The summed E-state index contributed by atoms with van der Waals surface area (Å²) in [4.78, 5) is 20.1. The molecule has 3 nitrogen and oxygen atoms in total. The Labute approximate surface area is 162 Å². The molecule has 1 unspecified atom stereocenters. The first-order valence-corrected chi connectivity index (χ1v) is 10.1. The van der Waals surface area contributed by atoms with Crippen LogP contribution in [0.4, 0.5) is 0 Å². The number of rotatable bonds is 4. The third-order valence-electron chi connectivity index (χ3n) is 4.26. The van der Waals surface area contributed by atoms with E-state index in [1.165, 1.54) is 6.42 Å². The van der Waals surface area contributed by atoms with Crippen LogP contribution in [0.15, 0.2) is 41.3 Å². The molecule has 3 rings (SSSR count). The van der Waals surface area contributed by atoms with Gasteiger partial charge in [0.2, 0.25) is 0 Å². The van der Waals surface area contributed by atoms with Crippen molar-refractivity contribution in [1.29, 1.82) is 0 Å². The maximum absolute atomic E-state index is 12.7. The lowest BCUT2D eigenvalue weighted by atomic mass is 10.00. The first-order valence-electron chi connectivity index (χ1n) is 8.36. The van der Waals surface area contributed by atoms with Crippen LogP contribution in [0.1, 0.15) is 35.9 Å². The number of piperidine rings is 1. The van der Waals surface area contributed by atoms with Crippen molar-refractivity contribution >= 4 is 40.9 Å². The van der Waals surface area contributed by atoms with E-state index in [4.69, 9.17) is 23.2 Å². The van der Waals surface area contributed by atoms with Gasteiger partial charge >= 0.3 is 0 Å². The van der Waals surface area contributed by atoms with Crippen molar-refractivity contribution in [1.82, 2.24) is 9.88 Å². The zero-order valence-corrected chi connectivity index (χ0v) is 16.4. The molecule has 2 aromatic rings. The molecule has 1 fully saturated rings. The highest BCUT2D eigenvalue weighted by molar-refractivity contribution is 7.98. The third-order valence-corrected chi connectivity index (χ3v) is 6.28. The topological polar surface area (TPSA) is 33.2 Å². The highest BCUT2D eigenvalue weighted by Gasteiger charge is 2.23. The Bertz CT molecular complexity index is 769. The fourth-order valence-electron chi connectivity index (χ4n) is 2.96. The molecular weight excluding hydrogens is 375 g/mol. The number of halogens is 2. The minimum Gasteiger partial charge on any atom is -0.337 e. The average Bonchev–Trinajstić information content (AvgIpc) is 2.62. The van der Waals surface area contributed by atoms with Gasteiger partial charge in [0.15, 0.2) is 0 Å². The fourth-order valence-corrected chi connectivity index (χ4v) is 4.36. The van der Waals surface area contributed by atoms with E-state index in [1.54, 1.807) is 23.9 Å². The summed E-state index contributed by atoms with van der Waals surface area (Å²) in [5, 5.41) is 1.10. The summed E-state index contributed by atoms with van der Waals surface area (Å²) in [5.74, 6) is 1.22. The molecular formula is C19H20Cl2N2OS. The van der Waals surface area contributed by atoms with E-state index in [0.29, 0.717) is 27.4 Å². The first kappa shape index (κ1) is 18.6. The second-order valence-corrected chi connectivity index (χ2v) is 8.16. The Morgan fingerprint density at radius 1 is 1.28 bits per heavy atom. The molecule has 2 heterocycles. The van der Waals surface area contributed by atoms with Crippen LogP contribution >= 0.6 is 35.0 Å². The number of nitrogens with zero attached hydrogens (tertiary/aromatic N) is 2. The van der Waals surface area contributed by atoms with Crippen LogP contribution in [0.2, 0.25) is 10.0 Å². The van der Waals surface area contributed by atoms with Crippen molar-refractivity contribution in [2.75, 3.05) is 13.1 Å². The van der Waals surface area contributed by atoms with E-state index in [1.807, 2.05) is 29.2 Å². The van der Waals surface area contributed by atoms with Gasteiger partial charge in [-0.1, -0.05) is 42.3 Å². The summed E-state index contributed by atoms with van der Waals surface area (Å²) in [6, 6.07) is 11.2. The van der Waals surface area contributed by atoms with Gasteiger partial charge in [-0.15, -0.1) is 11.8 Å². The molecule has 1 aliphatic heterocycles. The van der Waals surface area contributed by atoms with Gasteiger partial charge in [-0.05, 0) is 43.0 Å². The number of thioether (sulfide) groups is 1. The lowest BCUT2D eigenvalue weighted by Crippen LogP contribution is -2.39. The number of carbonyl (C=O) groups excluding carboxylic acids is 1. The van der Waals surface area contributed by atoms with Crippen LogP contribution in [0.3, 0.4) is 0 Å². The SMILES string of the molecule is CC1CCCN(C(=O)c2cccc(CSc3cccc(Cl)c3Cl)n2)C1.